The number of rotatable bonds is 1. The van der Waals surface area contributed by atoms with Crippen molar-refractivity contribution >= 4 is 5.97 Å². The second-order valence-corrected chi connectivity index (χ2v) is 4.42. The quantitative estimate of drug-likeness (QED) is 0.531. The third-order valence-electron chi connectivity index (χ3n) is 3.36. The molecule has 0 saturated heterocycles. The number of carbonyl (C=O) groups excluding carboxylic acids is 1. The first-order valence-electron chi connectivity index (χ1n) is 5.82. The lowest BCUT2D eigenvalue weighted by molar-refractivity contribution is 0.0592. The van der Waals surface area contributed by atoms with Crippen molar-refractivity contribution in [3.8, 4) is 22.8 Å². The maximum absolute atomic E-state index is 11.6. The highest BCUT2D eigenvalue weighted by Crippen LogP contribution is 2.39. The molecule has 1 aromatic carbocycles. The van der Waals surface area contributed by atoms with E-state index in [1.165, 1.54) is 19.2 Å². The van der Waals surface area contributed by atoms with E-state index in [-0.39, 0.29) is 11.5 Å². The van der Waals surface area contributed by atoms with E-state index < -0.39 is 5.97 Å². The van der Waals surface area contributed by atoms with Gasteiger partial charge in [-0.15, -0.1) is 0 Å². The van der Waals surface area contributed by atoms with E-state index in [9.17, 15) is 15.0 Å². The maximum atomic E-state index is 11.6. The summed E-state index contributed by atoms with van der Waals surface area (Å²) in [4.78, 5) is 11.6. The van der Waals surface area contributed by atoms with Gasteiger partial charge in [0, 0.05) is 11.1 Å². The van der Waals surface area contributed by atoms with E-state index in [1.807, 2.05) is 0 Å². The predicted octanol–water partition coefficient (Wildman–Crippen LogP) is 1.37. The Morgan fingerprint density at radius 1 is 1.32 bits per heavy atom. The van der Waals surface area contributed by atoms with Gasteiger partial charge in [-0.25, -0.2) is 4.79 Å². The summed E-state index contributed by atoms with van der Waals surface area (Å²) in [5.74, 6) is -0.805. The number of ether oxygens (including phenoxy) is 1. The van der Waals surface area contributed by atoms with Crippen LogP contribution in [0, 0.1) is 0 Å². The van der Waals surface area contributed by atoms with Gasteiger partial charge in [0.25, 0.3) is 0 Å². The van der Waals surface area contributed by atoms with Crippen LogP contribution in [-0.4, -0.2) is 33.5 Å². The number of aromatic hydroxyl groups is 2. The van der Waals surface area contributed by atoms with Gasteiger partial charge >= 0.3 is 5.97 Å². The lowest BCUT2D eigenvalue weighted by atomic mass is 9.88. The van der Waals surface area contributed by atoms with Crippen molar-refractivity contribution in [1.82, 2.24) is 10.2 Å². The fourth-order valence-electron chi connectivity index (χ4n) is 2.41. The zero-order chi connectivity index (χ0) is 13.6. The van der Waals surface area contributed by atoms with E-state index in [1.54, 1.807) is 0 Å². The molecule has 0 spiro atoms. The number of phenolic OH excluding ortho intramolecular Hbond substituents is 2. The zero-order valence-corrected chi connectivity index (χ0v) is 10.2. The lowest BCUT2D eigenvalue weighted by Crippen LogP contribution is -2.09. The molecule has 1 aliphatic rings. The minimum absolute atomic E-state index is 0.147. The molecule has 0 atom stereocenters. The van der Waals surface area contributed by atoms with Crippen LogP contribution in [0.4, 0.5) is 0 Å². The third-order valence-corrected chi connectivity index (χ3v) is 3.36. The number of aromatic amines is 1. The highest BCUT2D eigenvalue weighted by Gasteiger charge is 2.26. The van der Waals surface area contributed by atoms with E-state index in [4.69, 9.17) is 4.74 Å². The summed E-state index contributed by atoms with van der Waals surface area (Å²) in [7, 11) is 1.32. The smallest absolute Gasteiger partial charge is 0.356 e. The highest BCUT2D eigenvalue weighted by atomic mass is 16.5. The molecule has 6 nitrogen and oxygen atoms in total. The summed E-state index contributed by atoms with van der Waals surface area (Å²) in [6.07, 6.45) is 1.30. The summed E-state index contributed by atoms with van der Waals surface area (Å²) in [6.45, 7) is 0. The number of hydrogen-bond acceptors (Lipinski definition) is 5. The number of carbonyl (C=O) groups is 1. The molecule has 0 saturated carbocycles. The average molecular weight is 260 g/mol. The van der Waals surface area contributed by atoms with Crippen molar-refractivity contribution in [2.24, 2.45) is 0 Å². The standard InChI is InChI=1S/C13H12N2O4/c1-19-13(18)12-7-3-2-6-4-9(16)10(17)5-8(6)11(7)14-15-12/h4-5,16-17H,2-3H2,1H3,(H,14,15). The maximum Gasteiger partial charge on any atom is 0.356 e. The van der Waals surface area contributed by atoms with Crippen LogP contribution in [0.1, 0.15) is 21.6 Å². The number of benzene rings is 1. The molecule has 0 radical (unpaired) electrons. The molecule has 19 heavy (non-hydrogen) atoms. The molecule has 1 aliphatic carbocycles. The number of hydrogen-bond donors (Lipinski definition) is 3. The van der Waals surface area contributed by atoms with Crippen LogP contribution >= 0.6 is 0 Å². The van der Waals surface area contributed by atoms with Crippen molar-refractivity contribution in [3.63, 3.8) is 0 Å². The molecule has 0 unspecified atom stereocenters. The van der Waals surface area contributed by atoms with Gasteiger partial charge < -0.3 is 14.9 Å². The molecule has 6 heteroatoms. The minimum atomic E-state index is -0.458. The van der Waals surface area contributed by atoms with Crippen LogP contribution in [0.15, 0.2) is 12.1 Å². The second-order valence-electron chi connectivity index (χ2n) is 4.42. The van der Waals surface area contributed by atoms with E-state index in [0.29, 0.717) is 24.2 Å². The van der Waals surface area contributed by atoms with E-state index >= 15 is 0 Å². The molecular weight excluding hydrogens is 248 g/mol. The summed E-state index contributed by atoms with van der Waals surface area (Å²) in [5, 5.41) is 25.9. The van der Waals surface area contributed by atoms with Gasteiger partial charge in [0.05, 0.1) is 12.8 Å². The van der Waals surface area contributed by atoms with Crippen molar-refractivity contribution < 1.29 is 19.7 Å². The molecule has 2 aromatic rings. The number of aromatic nitrogens is 2. The third kappa shape index (κ3) is 1.64. The van der Waals surface area contributed by atoms with E-state index in [2.05, 4.69) is 10.2 Å². The topological polar surface area (TPSA) is 95.4 Å². The Labute approximate surface area is 108 Å². The van der Waals surface area contributed by atoms with Gasteiger partial charge in [-0.2, -0.15) is 5.10 Å². The summed E-state index contributed by atoms with van der Waals surface area (Å²) >= 11 is 0. The molecular formula is C13H12N2O4. The minimum Gasteiger partial charge on any atom is -0.504 e. The van der Waals surface area contributed by atoms with Crippen LogP contribution in [0.25, 0.3) is 11.3 Å². The first-order valence-corrected chi connectivity index (χ1v) is 5.82. The average Bonchev–Trinajstić information content (AvgIpc) is 2.83. The van der Waals surface area contributed by atoms with Gasteiger partial charge in [0.1, 0.15) is 5.69 Å². The number of nitrogens with zero attached hydrogens (tertiary/aromatic N) is 1. The molecule has 3 rings (SSSR count). The van der Waals surface area contributed by atoms with Crippen LogP contribution in [0.5, 0.6) is 11.5 Å². The second kappa shape index (κ2) is 4.01. The van der Waals surface area contributed by atoms with Gasteiger partial charge in [-0.3, -0.25) is 5.10 Å². The Kier molecular flexibility index (Phi) is 2.45. The normalized spacial score (nSPS) is 12.7. The molecule has 0 amide bonds. The van der Waals surface area contributed by atoms with Gasteiger partial charge in [0.15, 0.2) is 11.5 Å². The largest absolute Gasteiger partial charge is 0.504 e. The summed E-state index contributed by atoms with van der Waals surface area (Å²) in [5.41, 5.74) is 3.37. The first kappa shape index (κ1) is 11.6. The Balaban J connectivity index is 2.17. The number of fused-ring (bicyclic) bond motifs is 3. The fraction of sp³-hybridized carbons (Fsp3) is 0.231. The number of H-pyrrole nitrogens is 1. The lowest BCUT2D eigenvalue weighted by Gasteiger charge is -2.16. The summed E-state index contributed by atoms with van der Waals surface area (Å²) in [6, 6.07) is 2.99. The molecule has 0 fully saturated rings. The van der Waals surface area contributed by atoms with Gasteiger partial charge in [0.2, 0.25) is 0 Å². The van der Waals surface area contributed by atoms with E-state index in [0.717, 1.165) is 16.7 Å². The van der Waals surface area contributed by atoms with Gasteiger partial charge in [-0.1, -0.05) is 0 Å². The molecule has 1 aromatic heterocycles. The molecule has 0 aliphatic heterocycles. The van der Waals surface area contributed by atoms with Crippen LogP contribution in [0.2, 0.25) is 0 Å². The Morgan fingerprint density at radius 2 is 2.05 bits per heavy atom. The van der Waals surface area contributed by atoms with Crippen LogP contribution in [0.3, 0.4) is 0 Å². The Bertz CT molecular complexity index is 676. The highest BCUT2D eigenvalue weighted by molar-refractivity contribution is 5.92. The van der Waals surface area contributed by atoms with Crippen molar-refractivity contribution in [2.75, 3.05) is 7.11 Å². The molecule has 98 valence electrons. The fourth-order valence-corrected chi connectivity index (χ4v) is 2.41. The van der Waals surface area contributed by atoms with Gasteiger partial charge in [-0.05, 0) is 30.5 Å². The Hall–Kier alpha value is -2.50. The summed E-state index contributed by atoms with van der Waals surface area (Å²) < 4.78 is 4.69. The van der Waals surface area contributed by atoms with Crippen molar-refractivity contribution in [2.45, 2.75) is 12.8 Å². The number of phenols is 2. The Morgan fingerprint density at radius 3 is 2.79 bits per heavy atom. The molecule has 0 bridgehead atoms. The van der Waals surface area contributed by atoms with Crippen molar-refractivity contribution in [1.29, 1.82) is 0 Å². The van der Waals surface area contributed by atoms with Crippen LogP contribution < -0.4 is 0 Å². The number of esters is 1. The zero-order valence-electron chi connectivity index (χ0n) is 10.2. The number of methoxy groups -OCH3 is 1. The van der Waals surface area contributed by atoms with Crippen LogP contribution in [-0.2, 0) is 17.6 Å². The first-order chi connectivity index (χ1) is 9.11. The SMILES string of the molecule is COC(=O)c1[nH]nc2c1CCc1cc(O)c(O)cc1-2. The monoisotopic (exact) mass is 260 g/mol. The van der Waals surface area contributed by atoms with Crippen molar-refractivity contribution in [3.05, 3.63) is 29.0 Å². The predicted molar refractivity (Wildman–Crippen MR) is 66.1 cm³/mol. The molecule has 3 N–H and O–H groups in total. The number of nitrogens with one attached hydrogen (secondary N) is 1. The number of aryl methyl sites for hydroxylation is 1. The molecule has 1 heterocycles.